The van der Waals surface area contributed by atoms with E-state index in [0.29, 0.717) is 0 Å². The summed E-state index contributed by atoms with van der Waals surface area (Å²) in [6.07, 6.45) is 9.72. The van der Waals surface area contributed by atoms with Gasteiger partial charge in [0.1, 0.15) is 11.4 Å². The molecule has 0 bridgehead atoms. The molecule has 1 aliphatic carbocycles. The molecular formula is C13H21N3O4S. The Morgan fingerprint density at radius 1 is 1.29 bits per heavy atom. The van der Waals surface area contributed by atoms with E-state index in [0.717, 1.165) is 43.2 Å². The first-order valence-corrected chi connectivity index (χ1v) is 8.72. The van der Waals surface area contributed by atoms with Crippen LogP contribution in [-0.2, 0) is 21.4 Å². The summed E-state index contributed by atoms with van der Waals surface area (Å²) in [6.45, 7) is -0.348. The van der Waals surface area contributed by atoms with Crippen molar-refractivity contribution in [2.75, 3.05) is 0 Å². The number of aliphatic carboxylic acids is 1. The van der Waals surface area contributed by atoms with E-state index in [1.165, 1.54) is 18.8 Å². The first kappa shape index (κ1) is 16.0. The lowest BCUT2D eigenvalue weighted by Crippen LogP contribution is -2.35. The lowest BCUT2D eigenvalue weighted by Gasteiger charge is -2.20. The summed E-state index contributed by atoms with van der Waals surface area (Å²) in [7, 11) is -3.63. The highest BCUT2D eigenvalue weighted by Crippen LogP contribution is 2.19. The van der Waals surface area contributed by atoms with Crippen molar-refractivity contribution >= 4 is 16.0 Å². The summed E-state index contributed by atoms with van der Waals surface area (Å²) >= 11 is 0. The SMILES string of the molecule is O=C(O)Cn1cc(S(=O)(=O)NC2CCCCCCC2)cn1. The molecule has 0 atom stereocenters. The minimum Gasteiger partial charge on any atom is -0.480 e. The van der Waals surface area contributed by atoms with E-state index in [1.54, 1.807) is 0 Å². The monoisotopic (exact) mass is 315 g/mol. The fourth-order valence-electron chi connectivity index (χ4n) is 2.57. The number of aromatic nitrogens is 2. The highest BCUT2D eigenvalue weighted by atomic mass is 32.2. The van der Waals surface area contributed by atoms with Crippen LogP contribution in [0.25, 0.3) is 0 Å². The molecule has 1 fully saturated rings. The number of hydrogen-bond donors (Lipinski definition) is 2. The van der Waals surface area contributed by atoms with Crippen molar-refractivity contribution in [3.8, 4) is 0 Å². The highest BCUT2D eigenvalue weighted by Gasteiger charge is 2.22. The van der Waals surface area contributed by atoms with E-state index in [2.05, 4.69) is 9.82 Å². The summed E-state index contributed by atoms with van der Waals surface area (Å²) < 4.78 is 28.4. The van der Waals surface area contributed by atoms with Gasteiger partial charge in [-0.2, -0.15) is 5.10 Å². The summed E-state index contributed by atoms with van der Waals surface area (Å²) in [5, 5.41) is 12.4. The van der Waals surface area contributed by atoms with Gasteiger partial charge in [-0.15, -0.1) is 0 Å². The Bertz CT molecular complexity index is 574. The zero-order valence-corrected chi connectivity index (χ0v) is 12.7. The second-order valence-electron chi connectivity index (χ2n) is 5.43. The number of carboxylic acids is 1. The van der Waals surface area contributed by atoms with Crippen LogP contribution in [0.3, 0.4) is 0 Å². The highest BCUT2D eigenvalue weighted by molar-refractivity contribution is 7.89. The van der Waals surface area contributed by atoms with Gasteiger partial charge < -0.3 is 5.11 Å². The van der Waals surface area contributed by atoms with Gasteiger partial charge in [-0.25, -0.2) is 13.1 Å². The Hall–Kier alpha value is -1.41. The number of nitrogens with one attached hydrogen (secondary N) is 1. The topological polar surface area (TPSA) is 101 Å². The largest absolute Gasteiger partial charge is 0.480 e. The summed E-state index contributed by atoms with van der Waals surface area (Å²) in [4.78, 5) is 10.6. The molecule has 1 aliphatic rings. The van der Waals surface area contributed by atoms with E-state index < -0.39 is 16.0 Å². The zero-order chi connectivity index (χ0) is 15.3. The normalized spacial score (nSPS) is 18.1. The van der Waals surface area contributed by atoms with E-state index in [1.807, 2.05) is 0 Å². The average molecular weight is 315 g/mol. The molecule has 2 rings (SSSR count). The van der Waals surface area contributed by atoms with Gasteiger partial charge in [-0.05, 0) is 12.8 Å². The fraction of sp³-hybridized carbons (Fsp3) is 0.692. The van der Waals surface area contributed by atoms with E-state index in [-0.39, 0.29) is 17.5 Å². The van der Waals surface area contributed by atoms with Gasteiger partial charge in [-0.3, -0.25) is 9.48 Å². The molecule has 7 nitrogen and oxygen atoms in total. The van der Waals surface area contributed by atoms with Crippen LogP contribution < -0.4 is 4.72 Å². The summed E-state index contributed by atoms with van der Waals surface area (Å²) in [5.74, 6) is -1.06. The number of sulfonamides is 1. The average Bonchev–Trinajstić information content (AvgIpc) is 2.80. The third-order valence-corrected chi connectivity index (χ3v) is 5.12. The molecule has 2 N–H and O–H groups in total. The third kappa shape index (κ3) is 4.82. The molecule has 1 heterocycles. The number of nitrogens with zero attached hydrogens (tertiary/aromatic N) is 2. The van der Waals surface area contributed by atoms with Gasteiger partial charge in [0.15, 0.2) is 0 Å². The summed E-state index contributed by atoms with van der Waals surface area (Å²) in [6, 6.07) is -0.0434. The van der Waals surface area contributed by atoms with Crippen molar-refractivity contribution in [3.05, 3.63) is 12.4 Å². The summed E-state index contributed by atoms with van der Waals surface area (Å²) in [5.41, 5.74) is 0. The lowest BCUT2D eigenvalue weighted by atomic mass is 9.97. The minimum absolute atomic E-state index is 0.0193. The molecule has 118 valence electrons. The van der Waals surface area contributed by atoms with Crippen molar-refractivity contribution in [3.63, 3.8) is 0 Å². The Morgan fingerprint density at radius 3 is 2.52 bits per heavy atom. The van der Waals surface area contributed by atoms with Gasteiger partial charge in [0.25, 0.3) is 0 Å². The van der Waals surface area contributed by atoms with Crippen LogP contribution in [0, 0.1) is 0 Å². The first-order valence-electron chi connectivity index (χ1n) is 7.24. The molecule has 0 aliphatic heterocycles. The van der Waals surface area contributed by atoms with Crippen LogP contribution in [0.15, 0.2) is 17.3 Å². The van der Waals surface area contributed by atoms with Gasteiger partial charge in [0.2, 0.25) is 10.0 Å². The number of carboxylic acid groups (broad SMARTS) is 1. The fourth-order valence-corrected chi connectivity index (χ4v) is 3.83. The van der Waals surface area contributed by atoms with Gasteiger partial charge in [0.05, 0.1) is 6.20 Å². The van der Waals surface area contributed by atoms with Crippen molar-refractivity contribution in [2.45, 2.75) is 62.4 Å². The van der Waals surface area contributed by atoms with Crippen LogP contribution in [0.5, 0.6) is 0 Å². The molecular weight excluding hydrogens is 294 g/mol. The Kier molecular flexibility index (Phi) is 5.35. The Morgan fingerprint density at radius 2 is 1.90 bits per heavy atom. The number of carbonyl (C=O) groups is 1. The first-order chi connectivity index (χ1) is 9.97. The minimum atomic E-state index is -3.63. The van der Waals surface area contributed by atoms with Crippen molar-refractivity contribution in [2.24, 2.45) is 0 Å². The molecule has 1 aromatic rings. The maximum absolute atomic E-state index is 12.3. The van der Waals surface area contributed by atoms with Crippen LogP contribution >= 0.6 is 0 Å². The third-order valence-electron chi connectivity index (χ3n) is 3.64. The second-order valence-corrected chi connectivity index (χ2v) is 7.14. The molecule has 0 aromatic carbocycles. The predicted octanol–water partition coefficient (Wildman–Crippen LogP) is 1.36. The number of rotatable bonds is 5. The van der Waals surface area contributed by atoms with Crippen LogP contribution in [0.4, 0.5) is 0 Å². The van der Waals surface area contributed by atoms with Crippen LogP contribution in [-0.4, -0.2) is 35.3 Å². The second kappa shape index (κ2) is 7.04. The molecule has 0 saturated heterocycles. The van der Waals surface area contributed by atoms with Gasteiger partial charge >= 0.3 is 5.97 Å². The molecule has 1 saturated carbocycles. The molecule has 8 heteroatoms. The Labute approximate surface area is 124 Å². The lowest BCUT2D eigenvalue weighted by molar-refractivity contribution is -0.137. The maximum Gasteiger partial charge on any atom is 0.325 e. The Balaban J connectivity index is 2.02. The number of hydrogen-bond acceptors (Lipinski definition) is 4. The van der Waals surface area contributed by atoms with E-state index in [4.69, 9.17) is 5.11 Å². The van der Waals surface area contributed by atoms with Crippen molar-refractivity contribution < 1.29 is 18.3 Å². The van der Waals surface area contributed by atoms with E-state index in [9.17, 15) is 13.2 Å². The van der Waals surface area contributed by atoms with Crippen molar-refractivity contribution in [1.29, 1.82) is 0 Å². The maximum atomic E-state index is 12.3. The smallest absolute Gasteiger partial charge is 0.325 e. The van der Waals surface area contributed by atoms with Crippen molar-refractivity contribution in [1.82, 2.24) is 14.5 Å². The molecule has 21 heavy (non-hydrogen) atoms. The van der Waals surface area contributed by atoms with Gasteiger partial charge in [-0.1, -0.05) is 32.1 Å². The predicted molar refractivity (Wildman–Crippen MR) is 76.3 cm³/mol. The van der Waals surface area contributed by atoms with Gasteiger partial charge in [0, 0.05) is 12.2 Å². The van der Waals surface area contributed by atoms with Crippen LogP contribution in [0.1, 0.15) is 44.9 Å². The molecule has 1 aromatic heterocycles. The molecule has 0 unspecified atom stereocenters. The molecule has 0 amide bonds. The standard InChI is InChI=1S/C13H21N3O4S/c17-13(18)10-16-9-12(8-14-16)21(19,20)15-11-6-4-2-1-3-5-7-11/h8-9,11,15H,1-7,10H2,(H,17,18). The molecule has 0 radical (unpaired) electrons. The van der Waals surface area contributed by atoms with Crippen LogP contribution in [0.2, 0.25) is 0 Å². The quantitative estimate of drug-likeness (QED) is 0.854. The molecule has 0 spiro atoms. The van der Waals surface area contributed by atoms with E-state index >= 15 is 0 Å². The zero-order valence-electron chi connectivity index (χ0n) is 11.9.